The number of piperazine rings is 1. The second kappa shape index (κ2) is 11.3. The van der Waals surface area contributed by atoms with Gasteiger partial charge in [0.25, 0.3) is 5.91 Å². The summed E-state index contributed by atoms with van der Waals surface area (Å²) in [6.07, 6.45) is 5.76. The fourth-order valence-electron chi connectivity index (χ4n) is 6.07. The zero-order chi connectivity index (χ0) is 26.1. The third kappa shape index (κ3) is 5.08. The van der Waals surface area contributed by atoms with Crippen molar-refractivity contribution in [1.29, 1.82) is 0 Å². The van der Waals surface area contributed by atoms with E-state index in [0.29, 0.717) is 43.8 Å². The van der Waals surface area contributed by atoms with E-state index in [1.165, 1.54) is 0 Å². The zero-order valence-corrected chi connectivity index (χ0v) is 23.0. The number of carbonyl (C=O) groups excluding carboxylic acids is 2. The molecule has 2 aromatic carbocycles. The number of anilines is 2. The molecule has 0 radical (unpaired) electrons. The molecule has 10 heteroatoms. The maximum Gasteiger partial charge on any atom is 0.253 e. The Balaban J connectivity index is 0.00000308. The number of hydrogen-bond acceptors (Lipinski definition) is 6. The van der Waals surface area contributed by atoms with E-state index in [-0.39, 0.29) is 24.2 Å². The number of benzene rings is 2. The van der Waals surface area contributed by atoms with Crippen LogP contribution in [0.3, 0.4) is 0 Å². The van der Waals surface area contributed by atoms with Crippen LogP contribution in [0.4, 0.5) is 11.4 Å². The van der Waals surface area contributed by atoms with Crippen LogP contribution >= 0.6 is 12.4 Å². The van der Waals surface area contributed by atoms with Crippen molar-refractivity contribution in [2.45, 2.75) is 19.3 Å². The first kappa shape index (κ1) is 27.0. The number of ether oxygens (including phenoxy) is 1. The molecule has 1 spiro atoms. The number of aromatic nitrogens is 2. The minimum Gasteiger partial charge on any atom is -0.496 e. The fraction of sp³-hybridized carbons (Fsp3) is 0.414. The topological polar surface area (TPSA) is 93.8 Å². The molecule has 3 aliphatic rings. The molecule has 4 heterocycles. The number of carbonyl (C=O) groups is 2. The van der Waals surface area contributed by atoms with Gasteiger partial charge in [0.05, 0.1) is 18.7 Å². The van der Waals surface area contributed by atoms with Crippen molar-refractivity contribution in [2.24, 2.45) is 5.41 Å². The minimum absolute atomic E-state index is 0. The van der Waals surface area contributed by atoms with E-state index < -0.39 is 5.41 Å². The van der Waals surface area contributed by atoms with Crippen LogP contribution in [0.1, 0.15) is 29.6 Å². The summed E-state index contributed by atoms with van der Waals surface area (Å²) in [5.74, 6) is 0.915. The summed E-state index contributed by atoms with van der Waals surface area (Å²) in [6.45, 7) is 5.80. The Bertz CT molecular complexity index is 1300. The van der Waals surface area contributed by atoms with Crippen LogP contribution in [-0.4, -0.2) is 79.8 Å². The Morgan fingerprint density at radius 1 is 0.949 bits per heavy atom. The Morgan fingerprint density at radius 2 is 1.64 bits per heavy atom. The van der Waals surface area contributed by atoms with Crippen LogP contribution in [0.2, 0.25) is 0 Å². The summed E-state index contributed by atoms with van der Waals surface area (Å²) in [7, 11) is 1.64. The second-order valence-electron chi connectivity index (χ2n) is 10.4. The van der Waals surface area contributed by atoms with E-state index >= 15 is 0 Å². The van der Waals surface area contributed by atoms with Crippen LogP contribution in [0, 0.1) is 5.41 Å². The number of H-pyrrole nitrogens is 1. The highest BCUT2D eigenvalue weighted by atomic mass is 35.5. The average Bonchev–Trinajstić information content (AvgIpc) is 3.62. The molecule has 3 saturated heterocycles. The SMILES string of the molecule is COc1cc(N2CCC3(CCN(C(=O)c4ccc(N5CCNCC5)cc4)CC3)C2=O)ccc1-c1cn[nH]c1.Cl. The molecule has 0 aliphatic carbocycles. The van der Waals surface area contributed by atoms with Gasteiger partial charge in [-0.25, -0.2) is 0 Å². The monoisotopic (exact) mass is 550 g/mol. The number of nitrogens with zero attached hydrogens (tertiary/aromatic N) is 4. The van der Waals surface area contributed by atoms with Gasteiger partial charge in [-0.1, -0.05) is 0 Å². The number of amides is 2. The molecule has 3 aliphatic heterocycles. The van der Waals surface area contributed by atoms with Crippen LogP contribution in [0.5, 0.6) is 5.75 Å². The molecule has 0 unspecified atom stereocenters. The fourth-order valence-corrected chi connectivity index (χ4v) is 6.07. The van der Waals surface area contributed by atoms with Crippen LogP contribution in [0.15, 0.2) is 54.9 Å². The van der Waals surface area contributed by atoms with Crippen molar-refractivity contribution in [1.82, 2.24) is 20.4 Å². The number of nitrogens with one attached hydrogen (secondary N) is 2. The largest absolute Gasteiger partial charge is 0.496 e. The van der Waals surface area contributed by atoms with Gasteiger partial charge < -0.3 is 24.8 Å². The maximum atomic E-state index is 13.7. The lowest BCUT2D eigenvalue weighted by molar-refractivity contribution is -0.127. The van der Waals surface area contributed by atoms with Gasteiger partial charge in [0.2, 0.25) is 5.91 Å². The van der Waals surface area contributed by atoms with E-state index in [9.17, 15) is 9.59 Å². The second-order valence-corrected chi connectivity index (χ2v) is 10.4. The maximum absolute atomic E-state index is 13.7. The van der Waals surface area contributed by atoms with E-state index in [4.69, 9.17) is 4.74 Å². The Kier molecular flexibility index (Phi) is 7.81. The number of halogens is 1. The lowest BCUT2D eigenvalue weighted by Gasteiger charge is -2.38. The van der Waals surface area contributed by atoms with Crippen molar-refractivity contribution < 1.29 is 14.3 Å². The summed E-state index contributed by atoms with van der Waals surface area (Å²) in [5, 5.41) is 10.2. The molecule has 39 heavy (non-hydrogen) atoms. The smallest absolute Gasteiger partial charge is 0.253 e. The molecule has 3 aromatic rings. The number of aromatic amines is 1. The predicted molar refractivity (Wildman–Crippen MR) is 154 cm³/mol. The first-order chi connectivity index (χ1) is 18.6. The summed E-state index contributed by atoms with van der Waals surface area (Å²) in [6, 6.07) is 13.9. The molecular formula is C29H35ClN6O3. The minimum atomic E-state index is -0.403. The first-order valence-corrected chi connectivity index (χ1v) is 13.4. The quantitative estimate of drug-likeness (QED) is 0.504. The molecular weight excluding hydrogens is 516 g/mol. The highest BCUT2D eigenvalue weighted by Crippen LogP contribution is 2.44. The van der Waals surface area contributed by atoms with E-state index in [1.807, 2.05) is 46.3 Å². The molecule has 0 atom stereocenters. The number of piperidine rings is 1. The van der Waals surface area contributed by atoms with Crippen LogP contribution in [-0.2, 0) is 4.79 Å². The molecule has 2 amide bonds. The van der Waals surface area contributed by atoms with Gasteiger partial charge in [0.15, 0.2) is 0 Å². The normalized spacial score (nSPS) is 18.8. The molecule has 3 fully saturated rings. The van der Waals surface area contributed by atoms with Gasteiger partial charge in [-0.2, -0.15) is 5.10 Å². The van der Waals surface area contributed by atoms with Gasteiger partial charge in [-0.15, -0.1) is 12.4 Å². The number of hydrogen-bond donors (Lipinski definition) is 2. The van der Waals surface area contributed by atoms with E-state index in [1.54, 1.807) is 13.3 Å². The summed E-state index contributed by atoms with van der Waals surface area (Å²) in [5.41, 5.74) is 4.18. The summed E-state index contributed by atoms with van der Waals surface area (Å²) >= 11 is 0. The Hall–Kier alpha value is -3.56. The standard InChI is InChI=1S/C29H34N6O3.ClH/c1-38-26-18-24(6-7-25(26)22-19-31-32-20-22)35-15-10-29(28(35)37)8-13-34(14-9-29)27(36)21-2-4-23(5-3-21)33-16-11-30-12-17-33;/h2-7,18-20,30H,8-17H2,1H3,(H,31,32);1H. The van der Waals surface area contributed by atoms with E-state index in [2.05, 4.69) is 32.5 Å². The number of likely N-dealkylation sites (tertiary alicyclic amines) is 1. The molecule has 2 N–H and O–H groups in total. The summed E-state index contributed by atoms with van der Waals surface area (Å²) in [4.78, 5) is 33.1. The third-order valence-corrected chi connectivity index (χ3v) is 8.42. The Morgan fingerprint density at radius 3 is 2.31 bits per heavy atom. The van der Waals surface area contributed by atoms with Crippen molar-refractivity contribution in [3.05, 3.63) is 60.4 Å². The molecule has 206 valence electrons. The van der Waals surface area contributed by atoms with Crippen molar-refractivity contribution in [3.63, 3.8) is 0 Å². The van der Waals surface area contributed by atoms with Crippen molar-refractivity contribution in [3.8, 4) is 16.9 Å². The molecule has 9 nitrogen and oxygen atoms in total. The van der Waals surface area contributed by atoms with Crippen LogP contribution < -0.4 is 19.9 Å². The predicted octanol–water partition coefficient (Wildman–Crippen LogP) is 3.58. The van der Waals surface area contributed by atoms with Crippen molar-refractivity contribution >= 4 is 35.6 Å². The lowest BCUT2D eigenvalue weighted by atomic mass is 9.77. The van der Waals surface area contributed by atoms with Crippen molar-refractivity contribution in [2.75, 3.05) is 62.7 Å². The highest BCUT2D eigenvalue weighted by Gasteiger charge is 2.49. The lowest BCUT2D eigenvalue weighted by Crippen LogP contribution is -2.46. The highest BCUT2D eigenvalue weighted by molar-refractivity contribution is 6.01. The van der Waals surface area contributed by atoms with Gasteiger partial charge in [0, 0.05) is 86.1 Å². The molecule has 0 saturated carbocycles. The molecule has 6 rings (SSSR count). The molecule has 0 bridgehead atoms. The van der Waals surface area contributed by atoms with E-state index in [0.717, 1.165) is 55.1 Å². The molecule has 1 aromatic heterocycles. The third-order valence-electron chi connectivity index (χ3n) is 8.42. The van der Waals surface area contributed by atoms with Gasteiger partial charge in [-0.05, 0) is 55.7 Å². The van der Waals surface area contributed by atoms with Crippen LogP contribution in [0.25, 0.3) is 11.1 Å². The first-order valence-electron chi connectivity index (χ1n) is 13.4. The average molecular weight is 551 g/mol. The van der Waals surface area contributed by atoms with Gasteiger partial charge >= 0.3 is 0 Å². The summed E-state index contributed by atoms with van der Waals surface area (Å²) < 4.78 is 5.64. The Labute approximate surface area is 234 Å². The zero-order valence-electron chi connectivity index (χ0n) is 22.2. The van der Waals surface area contributed by atoms with Gasteiger partial charge in [0.1, 0.15) is 5.75 Å². The van der Waals surface area contributed by atoms with Gasteiger partial charge in [-0.3, -0.25) is 14.7 Å². The number of methoxy groups -OCH3 is 1. The number of rotatable bonds is 5.